The van der Waals surface area contributed by atoms with Gasteiger partial charge in [-0.15, -0.1) is 0 Å². The minimum absolute atomic E-state index is 0.0296. The van der Waals surface area contributed by atoms with Gasteiger partial charge in [0.1, 0.15) is 11.5 Å². The lowest BCUT2D eigenvalue weighted by Crippen LogP contribution is -2.24. The smallest absolute Gasteiger partial charge is 0.346 e. The molecule has 0 aromatic heterocycles. The number of methoxy groups -OCH3 is 1. The van der Waals surface area contributed by atoms with E-state index in [0.29, 0.717) is 5.75 Å². The summed E-state index contributed by atoms with van der Waals surface area (Å²) in [5.74, 6) is -0.925. The lowest BCUT2D eigenvalue weighted by atomic mass is 10.3. The molecule has 0 saturated carbocycles. The maximum Gasteiger partial charge on any atom is 0.346 e. The molecule has 2 aromatic carbocycles. The van der Waals surface area contributed by atoms with Crippen LogP contribution >= 0.6 is 0 Å². The van der Waals surface area contributed by atoms with E-state index in [4.69, 9.17) is 14.6 Å². The lowest BCUT2D eigenvalue weighted by Gasteiger charge is -2.11. The van der Waals surface area contributed by atoms with Crippen molar-refractivity contribution < 1.29 is 38.8 Å². The van der Waals surface area contributed by atoms with Crippen LogP contribution in [0.3, 0.4) is 0 Å². The number of carboxylic acids is 1. The first-order valence-corrected chi connectivity index (χ1v) is 8.68. The van der Waals surface area contributed by atoms with Crippen LogP contribution < -0.4 is 9.47 Å². The Balaban J connectivity index is 0.000000311. The Kier molecular flexibility index (Phi) is 9.37. The van der Waals surface area contributed by atoms with Gasteiger partial charge in [0, 0.05) is 24.3 Å². The van der Waals surface area contributed by atoms with Gasteiger partial charge in [0.05, 0.1) is 17.0 Å². The predicted octanol–water partition coefficient (Wildman–Crippen LogP) is 2.98. The highest BCUT2D eigenvalue weighted by molar-refractivity contribution is 5.74. The number of carbonyl (C=O) groups excluding carboxylic acids is 1. The van der Waals surface area contributed by atoms with Crippen molar-refractivity contribution in [3.8, 4) is 11.5 Å². The summed E-state index contributed by atoms with van der Waals surface area (Å²) < 4.78 is 14.7. The Labute approximate surface area is 176 Å². The van der Waals surface area contributed by atoms with E-state index < -0.39 is 34.0 Å². The predicted molar refractivity (Wildman–Crippen MR) is 106 cm³/mol. The van der Waals surface area contributed by atoms with Crippen molar-refractivity contribution in [1.29, 1.82) is 0 Å². The number of non-ortho nitro benzene ring substituents is 2. The minimum atomic E-state index is -1.09. The number of nitrogens with zero attached hydrogens (tertiary/aromatic N) is 2. The van der Waals surface area contributed by atoms with E-state index in [1.54, 1.807) is 0 Å². The molecule has 0 aliphatic carbocycles. The van der Waals surface area contributed by atoms with Gasteiger partial charge in [-0.2, -0.15) is 0 Å². The molecule has 31 heavy (non-hydrogen) atoms. The van der Waals surface area contributed by atoms with Gasteiger partial charge in [0.2, 0.25) is 0 Å². The Morgan fingerprint density at radius 2 is 1.16 bits per heavy atom. The summed E-state index contributed by atoms with van der Waals surface area (Å²) in [7, 11) is 1.26. The molecule has 1 N–H and O–H groups in total. The molecule has 0 bridgehead atoms. The van der Waals surface area contributed by atoms with Crippen molar-refractivity contribution >= 4 is 23.3 Å². The average Bonchev–Trinajstić information content (AvgIpc) is 2.74. The summed E-state index contributed by atoms with van der Waals surface area (Å²) in [5.41, 5.74) is -0.0941. The van der Waals surface area contributed by atoms with Crippen molar-refractivity contribution in [3.05, 3.63) is 68.8 Å². The number of rotatable bonds is 8. The summed E-state index contributed by atoms with van der Waals surface area (Å²) in [4.78, 5) is 41.1. The lowest BCUT2D eigenvalue weighted by molar-refractivity contribution is -0.385. The van der Waals surface area contributed by atoms with Crippen LogP contribution in [0.5, 0.6) is 11.5 Å². The zero-order valence-electron chi connectivity index (χ0n) is 16.8. The van der Waals surface area contributed by atoms with Crippen molar-refractivity contribution in [1.82, 2.24) is 0 Å². The van der Waals surface area contributed by atoms with Crippen molar-refractivity contribution in [3.63, 3.8) is 0 Å². The first-order chi connectivity index (χ1) is 14.5. The highest BCUT2D eigenvalue weighted by Crippen LogP contribution is 2.19. The van der Waals surface area contributed by atoms with E-state index in [-0.39, 0.29) is 17.1 Å². The number of aliphatic carboxylic acids is 1. The first-order valence-electron chi connectivity index (χ1n) is 8.68. The van der Waals surface area contributed by atoms with E-state index in [0.717, 1.165) is 0 Å². The van der Waals surface area contributed by atoms with Crippen LogP contribution in [0, 0.1) is 20.2 Å². The SMILES string of the molecule is CC(Oc1ccc([N+](=O)[O-])cc1)C(=O)O.COC(=O)C(C)Oc1ccc([N+](=O)[O-])cc1. The maximum atomic E-state index is 11.0. The molecule has 0 fully saturated rings. The second kappa shape index (κ2) is 11.7. The molecule has 0 aliphatic heterocycles. The largest absolute Gasteiger partial charge is 0.479 e. The van der Waals surface area contributed by atoms with Crippen LogP contribution in [0.25, 0.3) is 0 Å². The molecule has 2 rings (SSSR count). The third-order valence-corrected chi connectivity index (χ3v) is 3.60. The molecule has 2 aromatic rings. The molecule has 166 valence electrons. The summed E-state index contributed by atoms with van der Waals surface area (Å²) in [6, 6.07) is 10.7. The number of nitro benzene ring substituents is 2. The van der Waals surface area contributed by atoms with Gasteiger partial charge < -0.3 is 19.3 Å². The molecule has 0 heterocycles. The van der Waals surface area contributed by atoms with Crippen LogP contribution in [-0.2, 0) is 14.3 Å². The Morgan fingerprint density at radius 1 is 0.806 bits per heavy atom. The highest BCUT2D eigenvalue weighted by atomic mass is 16.6. The molecule has 2 atom stereocenters. The van der Waals surface area contributed by atoms with Gasteiger partial charge in [0.25, 0.3) is 11.4 Å². The summed E-state index contributed by atoms with van der Waals surface area (Å²) in [6.07, 6.45) is -1.72. The van der Waals surface area contributed by atoms with Crippen molar-refractivity contribution in [2.45, 2.75) is 26.1 Å². The van der Waals surface area contributed by atoms with Crippen LogP contribution in [0.4, 0.5) is 11.4 Å². The van der Waals surface area contributed by atoms with E-state index in [9.17, 15) is 29.8 Å². The van der Waals surface area contributed by atoms with E-state index >= 15 is 0 Å². The summed E-state index contributed by atoms with van der Waals surface area (Å²) in [5, 5.41) is 29.2. The number of ether oxygens (including phenoxy) is 3. The standard InChI is InChI=1S/C10H11NO5.C9H9NO5/c1-7(10(12)15-2)16-9-5-3-8(4-6-9)11(13)14;1-6(9(11)12)15-8-4-2-7(3-5-8)10(13)14/h3-7H,1-2H3;2-6H,1H3,(H,11,12). The van der Waals surface area contributed by atoms with Crippen molar-refractivity contribution in [2.24, 2.45) is 0 Å². The fraction of sp³-hybridized carbons (Fsp3) is 0.263. The third kappa shape index (κ3) is 8.35. The fourth-order valence-corrected chi connectivity index (χ4v) is 1.97. The topological polar surface area (TPSA) is 168 Å². The van der Waals surface area contributed by atoms with Crippen LogP contribution in [0.1, 0.15) is 13.8 Å². The second-order valence-corrected chi connectivity index (χ2v) is 5.88. The number of carboxylic acid groups (broad SMARTS) is 1. The van der Waals surface area contributed by atoms with Crippen LogP contribution in [0.15, 0.2) is 48.5 Å². The normalized spacial score (nSPS) is 11.7. The van der Waals surface area contributed by atoms with Crippen molar-refractivity contribution in [2.75, 3.05) is 7.11 Å². The quantitative estimate of drug-likeness (QED) is 0.369. The molecule has 0 saturated heterocycles. The number of nitro groups is 2. The van der Waals surface area contributed by atoms with E-state index in [1.807, 2.05) is 0 Å². The number of hydrogen-bond acceptors (Lipinski definition) is 9. The number of carbonyl (C=O) groups is 2. The van der Waals surface area contributed by atoms with Gasteiger partial charge in [-0.05, 0) is 38.1 Å². The van der Waals surface area contributed by atoms with E-state index in [1.165, 1.54) is 69.5 Å². The first kappa shape index (κ1) is 24.8. The van der Waals surface area contributed by atoms with Gasteiger partial charge >= 0.3 is 11.9 Å². The zero-order valence-corrected chi connectivity index (χ0v) is 16.8. The molecule has 0 spiro atoms. The molecule has 0 radical (unpaired) electrons. The Morgan fingerprint density at radius 3 is 1.45 bits per heavy atom. The molecule has 12 nitrogen and oxygen atoms in total. The zero-order chi connectivity index (χ0) is 23.6. The summed E-state index contributed by atoms with van der Waals surface area (Å²) >= 11 is 0. The van der Waals surface area contributed by atoms with Crippen LogP contribution in [0.2, 0.25) is 0 Å². The van der Waals surface area contributed by atoms with Gasteiger partial charge in [-0.1, -0.05) is 0 Å². The van der Waals surface area contributed by atoms with Crippen LogP contribution in [-0.4, -0.2) is 46.2 Å². The highest BCUT2D eigenvalue weighted by Gasteiger charge is 2.15. The minimum Gasteiger partial charge on any atom is -0.479 e. The van der Waals surface area contributed by atoms with Gasteiger partial charge in [-0.25, -0.2) is 9.59 Å². The third-order valence-electron chi connectivity index (χ3n) is 3.60. The number of esters is 1. The number of hydrogen-bond donors (Lipinski definition) is 1. The average molecular weight is 436 g/mol. The monoisotopic (exact) mass is 436 g/mol. The Hall–Kier alpha value is -4.22. The molecule has 2 unspecified atom stereocenters. The molecular weight excluding hydrogens is 416 g/mol. The molecular formula is C19H20N2O10. The van der Waals surface area contributed by atoms with Gasteiger partial charge in [0.15, 0.2) is 12.2 Å². The Bertz CT molecular complexity index is 912. The number of benzene rings is 2. The molecule has 0 aliphatic rings. The van der Waals surface area contributed by atoms with Gasteiger partial charge in [-0.3, -0.25) is 20.2 Å². The van der Waals surface area contributed by atoms with E-state index in [2.05, 4.69) is 4.74 Å². The summed E-state index contributed by atoms with van der Waals surface area (Å²) in [6.45, 7) is 2.91. The second-order valence-electron chi connectivity index (χ2n) is 5.88. The molecule has 0 amide bonds. The molecule has 12 heteroatoms. The fourth-order valence-electron chi connectivity index (χ4n) is 1.97. The maximum absolute atomic E-state index is 11.0.